The third-order valence-electron chi connectivity index (χ3n) is 1.49. The van der Waals surface area contributed by atoms with Gasteiger partial charge in [-0.25, -0.2) is 9.97 Å². The molecule has 0 fully saturated rings. The maximum absolute atomic E-state index is 8.23. The van der Waals surface area contributed by atoms with Crippen molar-refractivity contribution < 1.29 is 17.1 Å². The van der Waals surface area contributed by atoms with Gasteiger partial charge < -0.3 is 21.0 Å². The Morgan fingerprint density at radius 2 is 1.67 bits per heavy atom. The first-order valence-corrected chi connectivity index (χ1v) is 5.43. The quantitative estimate of drug-likeness (QED) is 0.377. The Morgan fingerprint density at radius 3 is 1.83 bits per heavy atom. The summed E-state index contributed by atoms with van der Waals surface area (Å²) < 4.78 is 4.69. The normalized spacial score (nSPS) is 7.56. The molecule has 0 aliphatic rings. The Kier molecular flexibility index (Phi) is 11.4. The number of nitrogens with zero attached hydrogens (tertiary/aromatic N) is 6. The zero-order valence-electron chi connectivity index (χ0n) is 9.67. The summed E-state index contributed by atoms with van der Waals surface area (Å²) in [6, 6.07) is 1.92. The van der Waals surface area contributed by atoms with Crippen molar-refractivity contribution in [2.24, 2.45) is 14.1 Å². The summed E-state index contributed by atoms with van der Waals surface area (Å²) >= 11 is 2.17. The number of halogens is 1. The van der Waals surface area contributed by atoms with E-state index in [1.54, 1.807) is 23.4 Å². The molecule has 0 bridgehead atoms. The second-order valence-electron chi connectivity index (χ2n) is 2.90. The van der Waals surface area contributed by atoms with E-state index < -0.39 is 0 Å². The zero-order chi connectivity index (χ0) is 13.3. The largest absolute Gasteiger partial charge is 1.00 e. The van der Waals surface area contributed by atoms with Gasteiger partial charge in [-0.2, -0.15) is 5.26 Å². The van der Waals surface area contributed by atoms with Crippen molar-refractivity contribution in [2.45, 2.75) is 0 Å². The van der Waals surface area contributed by atoms with E-state index in [0.29, 0.717) is 5.69 Å². The van der Waals surface area contributed by atoms with Gasteiger partial charge in [-0.1, -0.05) is 0 Å². The number of hydrogen-bond donors (Lipinski definition) is 0. The summed E-state index contributed by atoms with van der Waals surface area (Å²) in [6.07, 6.45) is 7.00. The van der Waals surface area contributed by atoms with Gasteiger partial charge in [0, 0.05) is 26.5 Å². The molecule has 2 rings (SSSR count). The number of aryl methyl sites for hydroxylation is 2. The molecule has 0 amide bonds. The van der Waals surface area contributed by atoms with Crippen molar-refractivity contribution in [3.63, 3.8) is 0 Å². The standard InChI is InChI=1S/C5H5N3.C4H5IN2.CN.Cu/c1-8-3-5(2-6)7-4-8;1-7-2-4(5)6-3-7;1-2;/h3-4H,1H3;2-3H,1H3;;/q;;-1;+1. The van der Waals surface area contributed by atoms with E-state index in [9.17, 15) is 0 Å². The minimum atomic E-state index is 0. The van der Waals surface area contributed by atoms with Crippen LogP contribution in [0.1, 0.15) is 5.69 Å². The maximum Gasteiger partial charge on any atom is 1.00 e. The van der Waals surface area contributed by atoms with Crippen molar-refractivity contribution in [3.05, 3.63) is 41.0 Å². The second kappa shape index (κ2) is 10.8. The fourth-order valence-corrected chi connectivity index (χ4v) is 1.42. The molecule has 2 heterocycles. The summed E-state index contributed by atoms with van der Waals surface area (Å²) in [4.78, 5) is 7.70. The third-order valence-corrected chi connectivity index (χ3v) is 2.05. The second-order valence-corrected chi connectivity index (χ2v) is 4.00. The van der Waals surface area contributed by atoms with Gasteiger partial charge in [0.25, 0.3) is 0 Å². The van der Waals surface area contributed by atoms with Crippen molar-refractivity contribution >= 4 is 22.6 Å². The van der Waals surface area contributed by atoms with Crippen LogP contribution in [0.4, 0.5) is 0 Å². The molecule has 0 aromatic carbocycles. The van der Waals surface area contributed by atoms with Crippen LogP contribution >= 0.6 is 22.6 Å². The fraction of sp³-hybridized carbons (Fsp3) is 0.200. The van der Waals surface area contributed by atoms with E-state index in [0.717, 1.165) is 3.70 Å². The molecule has 0 unspecified atom stereocenters. The van der Waals surface area contributed by atoms with Gasteiger partial charge in [-0.3, -0.25) is 0 Å². The van der Waals surface area contributed by atoms with Crippen LogP contribution in [0.5, 0.6) is 0 Å². The van der Waals surface area contributed by atoms with Crippen LogP contribution in [0, 0.1) is 26.9 Å². The number of rotatable bonds is 0. The molecule has 0 aliphatic heterocycles. The fourth-order valence-electron chi connectivity index (χ4n) is 0.851. The Hall–Kier alpha value is -1.35. The van der Waals surface area contributed by atoms with Crippen LogP contribution in [0.25, 0.3) is 0 Å². The predicted octanol–water partition coefficient (Wildman–Crippen LogP) is 1.41. The molecule has 6 nitrogen and oxygen atoms in total. The Labute approximate surface area is 130 Å². The van der Waals surface area contributed by atoms with Crippen LogP contribution in [0.2, 0.25) is 0 Å². The summed E-state index contributed by atoms with van der Waals surface area (Å²) in [5.74, 6) is 0. The number of imidazole rings is 2. The Balaban J connectivity index is 0. The first kappa shape index (κ1) is 19.0. The summed E-state index contributed by atoms with van der Waals surface area (Å²) in [7, 11) is 3.78. The average Bonchev–Trinajstić information content (AvgIpc) is 2.91. The number of aromatic nitrogens is 4. The smallest absolute Gasteiger partial charge is 0.512 e. The van der Waals surface area contributed by atoms with E-state index in [2.05, 4.69) is 32.6 Å². The van der Waals surface area contributed by atoms with Gasteiger partial charge in [0.05, 0.1) is 12.7 Å². The summed E-state index contributed by atoms with van der Waals surface area (Å²) in [6.45, 7) is 4.75. The number of hydrogen-bond acceptors (Lipinski definition) is 4. The van der Waals surface area contributed by atoms with Crippen molar-refractivity contribution in [3.8, 4) is 6.07 Å². The first-order chi connectivity index (χ1) is 8.11. The molecule has 0 saturated heterocycles. The topological polar surface area (TPSA) is 83.2 Å². The summed E-state index contributed by atoms with van der Waals surface area (Å²) in [5, 5.41) is 14.5. The molecule has 0 N–H and O–H groups in total. The van der Waals surface area contributed by atoms with Crippen molar-refractivity contribution in [1.82, 2.24) is 19.1 Å². The van der Waals surface area contributed by atoms with Gasteiger partial charge in [0.1, 0.15) is 9.77 Å². The molecule has 0 atom stereocenters. The average molecular weight is 405 g/mol. The maximum atomic E-state index is 8.23. The van der Waals surface area contributed by atoms with E-state index in [-0.39, 0.29) is 17.1 Å². The van der Waals surface area contributed by atoms with Crippen molar-refractivity contribution in [1.29, 1.82) is 10.5 Å². The Bertz CT molecular complexity index is 493. The molecule has 0 aliphatic carbocycles. The van der Waals surface area contributed by atoms with Gasteiger partial charge in [0.15, 0.2) is 5.69 Å². The number of nitriles is 1. The van der Waals surface area contributed by atoms with E-state index in [1.165, 1.54) is 0 Å². The molecular weight excluding hydrogens is 395 g/mol. The minimum absolute atomic E-state index is 0. The van der Waals surface area contributed by atoms with Crippen molar-refractivity contribution in [2.75, 3.05) is 0 Å². The zero-order valence-corrected chi connectivity index (χ0v) is 12.8. The van der Waals surface area contributed by atoms with Gasteiger partial charge in [-0.05, 0) is 22.6 Å². The van der Waals surface area contributed by atoms with Crippen LogP contribution in [0.15, 0.2) is 25.0 Å². The SMILES string of the molecule is Cn1cnc(C#N)c1.Cn1cnc(I)c1.[C-]#N.[Cu+]. The van der Waals surface area contributed by atoms with Gasteiger partial charge in [0.2, 0.25) is 0 Å². The van der Waals surface area contributed by atoms with Crippen LogP contribution in [-0.2, 0) is 31.2 Å². The molecular formula is C10H10CuIN6. The molecule has 18 heavy (non-hydrogen) atoms. The molecule has 2 aromatic rings. The molecule has 0 saturated carbocycles. The van der Waals surface area contributed by atoms with Gasteiger partial charge >= 0.3 is 17.1 Å². The van der Waals surface area contributed by atoms with Crippen LogP contribution in [-0.4, -0.2) is 19.1 Å². The monoisotopic (exact) mass is 404 g/mol. The molecule has 8 heteroatoms. The van der Waals surface area contributed by atoms with E-state index in [1.807, 2.05) is 30.9 Å². The summed E-state index contributed by atoms with van der Waals surface area (Å²) in [5.41, 5.74) is 0.465. The van der Waals surface area contributed by atoms with E-state index in [4.69, 9.17) is 17.1 Å². The third kappa shape index (κ3) is 7.85. The minimum Gasteiger partial charge on any atom is -0.512 e. The molecule has 2 aromatic heterocycles. The molecule has 0 spiro atoms. The molecule has 0 radical (unpaired) electrons. The molecule has 98 valence electrons. The predicted molar refractivity (Wildman–Crippen MR) is 68.8 cm³/mol. The van der Waals surface area contributed by atoms with Gasteiger partial charge in [-0.15, -0.1) is 0 Å². The van der Waals surface area contributed by atoms with Crippen LogP contribution < -0.4 is 0 Å². The first-order valence-electron chi connectivity index (χ1n) is 4.35. The van der Waals surface area contributed by atoms with Crippen LogP contribution in [0.3, 0.4) is 0 Å². The Morgan fingerprint density at radius 1 is 1.17 bits per heavy atom. The van der Waals surface area contributed by atoms with E-state index >= 15 is 0 Å².